The maximum absolute atomic E-state index is 12.2. The van der Waals surface area contributed by atoms with Gasteiger partial charge >= 0.3 is 0 Å². The summed E-state index contributed by atoms with van der Waals surface area (Å²) in [4.78, 5) is 20.1. The predicted molar refractivity (Wildman–Crippen MR) is 111 cm³/mol. The molecule has 2 aromatic rings. The summed E-state index contributed by atoms with van der Waals surface area (Å²) in [7, 11) is 0. The lowest BCUT2D eigenvalue weighted by Gasteiger charge is -2.35. The van der Waals surface area contributed by atoms with Crippen LogP contribution in [0.4, 0.5) is 0 Å². The molecule has 7 heteroatoms. The van der Waals surface area contributed by atoms with Crippen LogP contribution in [0.15, 0.2) is 24.3 Å². The molecule has 0 bridgehead atoms. The number of benzene rings is 1. The fraction of sp³-hybridized carbons (Fsp3) is 0.579. The Morgan fingerprint density at radius 1 is 1.19 bits per heavy atom. The molecule has 1 aliphatic rings. The summed E-state index contributed by atoms with van der Waals surface area (Å²) in [6.07, 6.45) is 8.19. The van der Waals surface area contributed by atoms with E-state index >= 15 is 0 Å². The number of para-hydroxylation sites is 2. The number of hydrogen-bond acceptors (Lipinski definition) is 3. The Kier molecular flexibility index (Phi) is 9.41. The lowest BCUT2D eigenvalue weighted by atomic mass is 9.71. The van der Waals surface area contributed by atoms with Gasteiger partial charge in [-0.3, -0.25) is 4.79 Å². The van der Waals surface area contributed by atoms with Gasteiger partial charge in [0.2, 0.25) is 5.91 Å². The number of nitrogens with one attached hydrogen (secondary N) is 2. The number of carbonyl (C=O) groups is 1. The molecule has 0 radical (unpaired) electrons. The van der Waals surface area contributed by atoms with Crippen LogP contribution in [0.3, 0.4) is 0 Å². The highest BCUT2D eigenvalue weighted by atomic mass is 35.5. The number of nitrogens with zero attached hydrogens (tertiary/aromatic N) is 1. The summed E-state index contributed by atoms with van der Waals surface area (Å²) < 4.78 is 0. The molecular formula is C19H30Cl2N4O. The summed E-state index contributed by atoms with van der Waals surface area (Å²) in [6, 6.07) is 8.03. The van der Waals surface area contributed by atoms with Crippen LogP contribution < -0.4 is 11.1 Å². The van der Waals surface area contributed by atoms with Gasteiger partial charge in [-0.1, -0.05) is 31.4 Å². The molecule has 0 spiro atoms. The van der Waals surface area contributed by atoms with E-state index in [1.807, 2.05) is 24.3 Å². The first-order valence-corrected chi connectivity index (χ1v) is 9.11. The predicted octanol–water partition coefficient (Wildman–Crippen LogP) is 3.75. The number of carbonyl (C=O) groups excluding carboxylic acids is 1. The molecule has 4 N–H and O–H groups in total. The Labute approximate surface area is 167 Å². The molecule has 1 amide bonds. The van der Waals surface area contributed by atoms with Crippen LogP contribution in [0.1, 0.15) is 50.8 Å². The van der Waals surface area contributed by atoms with Gasteiger partial charge in [-0.2, -0.15) is 0 Å². The van der Waals surface area contributed by atoms with Gasteiger partial charge in [0.25, 0.3) is 0 Å². The number of amides is 1. The number of hydrogen-bond donors (Lipinski definition) is 3. The molecule has 3 rings (SSSR count). The number of imidazole rings is 1. The Hall–Kier alpha value is -1.30. The van der Waals surface area contributed by atoms with Crippen LogP contribution in [0.25, 0.3) is 11.0 Å². The lowest BCUT2D eigenvalue weighted by Crippen LogP contribution is -2.38. The van der Waals surface area contributed by atoms with Crippen molar-refractivity contribution in [3.8, 4) is 0 Å². The molecule has 26 heavy (non-hydrogen) atoms. The third-order valence-corrected chi connectivity index (χ3v) is 5.23. The van der Waals surface area contributed by atoms with Gasteiger partial charge in [0.1, 0.15) is 5.82 Å². The molecule has 1 aliphatic carbocycles. The first-order chi connectivity index (χ1) is 11.7. The van der Waals surface area contributed by atoms with Crippen molar-refractivity contribution >= 4 is 41.8 Å². The smallest absolute Gasteiger partial charge is 0.220 e. The van der Waals surface area contributed by atoms with Crippen molar-refractivity contribution in [3.63, 3.8) is 0 Å². The molecular weight excluding hydrogens is 371 g/mol. The van der Waals surface area contributed by atoms with E-state index in [4.69, 9.17) is 5.73 Å². The minimum atomic E-state index is 0. The highest BCUT2D eigenvalue weighted by Gasteiger charge is 2.32. The molecule has 146 valence electrons. The molecule has 1 aromatic heterocycles. The quantitative estimate of drug-likeness (QED) is 0.618. The minimum absolute atomic E-state index is 0. The number of aromatic nitrogens is 2. The second-order valence-corrected chi connectivity index (χ2v) is 7.10. The third-order valence-electron chi connectivity index (χ3n) is 5.23. The maximum atomic E-state index is 12.2. The van der Waals surface area contributed by atoms with E-state index in [1.54, 1.807) is 0 Å². The van der Waals surface area contributed by atoms with E-state index in [1.165, 1.54) is 19.3 Å². The summed E-state index contributed by atoms with van der Waals surface area (Å²) in [5.74, 6) is 1.13. The normalized spacial score (nSPS) is 15.7. The van der Waals surface area contributed by atoms with Gasteiger partial charge < -0.3 is 16.0 Å². The Morgan fingerprint density at radius 2 is 1.92 bits per heavy atom. The number of aromatic amines is 1. The van der Waals surface area contributed by atoms with Crippen molar-refractivity contribution in [2.45, 2.75) is 51.4 Å². The average Bonchev–Trinajstić information content (AvgIpc) is 3.02. The minimum Gasteiger partial charge on any atom is -0.356 e. The summed E-state index contributed by atoms with van der Waals surface area (Å²) in [6.45, 7) is 1.32. The first kappa shape index (κ1) is 22.7. The Balaban J connectivity index is 0.00000169. The van der Waals surface area contributed by atoms with E-state index in [0.29, 0.717) is 19.5 Å². The van der Waals surface area contributed by atoms with Crippen LogP contribution in [0.5, 0.6) is 0 Å². The number of halogens is 2. The molecule has 1 fully saturated rings. The van der Waals surface area contributed by atoms with E-state index in [2.05, 4.69) is 15.3 Å². The topological polar surface area (TPSA) is 83.8 Å². The van der Waals surface area contributed by atoms with Crippen molar-refractivity contribution in [1.82, 2.24) is 15.3 Å². The van der Waals surface area contributed by atoms with Crippen molar-refractivity contribution in [3.05, 3.63) is 30.1 Å². The highest BCUT2D eigenvalue weighted by molar-refractivity contribution is 5.85. The average molecular weight is 401 g/mol. The molecule has 0 saturated heterocycles. The molecule has 1 saturated carbocycles. The second kappa shape index (κ2) is 10.8. The molecule has 1 aromatic carbocycles. The molecule has 0 aliphatic heterocycles. The summed E-state index contributed by atoms with van der Waals surface area (Å²) >= 11 is 0. The Morgan fingerprint density at radius 3 is 2.62 bits per heavy atom. The second-order valence-electron chi connectivity index (χ2n) is 7.10. The number of rotatable bonds is 7. The van der Waals surface area contributed by atoms with Gasteiger partial charge in [-0.15, -0.1) is 24.8 Å². The lowest BCUT2D eigenvalue weighted by molar-refractivity contribution is -0.123. The van der Waals surface area contributed by atoms with Gasteiger partial charge in [0, 0.05) is 19.4 Å². The summed E-state index contributed by atoms with van der Waals surface area (Å²) in [5, 5.41) is 3.06. The van der Waals surface area contributed by atoms with Crippen molar-refractivity contribution < 1.29 is 4.79 Å². The molecule has 5 nitrogen and oxygen atoms in total. The monoisotopic (exact) mass is 400 g/mol. The van der Waals surface area contributed by atoms with Gasteiger partial charge in [-0.05, 0) is 43.4 Å². The first-order valence-electron chi connectivity index (χ1n) is 9.11. The SMILES string of the molecule is Cl.Cl.NCC1(CC(=O)NCCCc2nc3ccccc3[nH]2)CCCCC1. The van der Waals surface area contributed by atoms with Gasteiger partial charge in [0.15, 0.2) is 0 Å². The number of H-pyrrole nitrogens is 1. The zero-order chi connectivity index (χ0) is 16.8. The van der Waals surface area contributed by atoms with Crippen LogP contribution in [-0.2, 0) is 11.2 Å². The third kappa shape index (κ3) is 5.86. The molecule has 0 atom stereocenters. The van der Waals surface area contributed by atoms with Crippen LogP contribution in [-0.4, -0.2) is 29.0 Å². The van der Waals surface area contributed by atoms with Crippen molar-refractivity contribution in [2.75, 3.05) is 13.1 Å². The van der Waals surface area contributed by atoms with E-state index in [0.717, 1.165) is 42.5 Å². The standard InChI is InChI=1S/C19H28N4O.2ClH/c20-14-19(10-4-1-5-11-19)13-18(24)21-12-6-9-17-22-15-7-2-3-8-16(15)23-17;;/h2-3,7-8H,1,4-6,9-14,20H2,(H,21,24)(H,22,23);2*1H. The largest absolute Gasteiger partial charge is 0.356 e. The van der Waals surface area contributed by atoms with Crippen LogP contribution >= 0.6 is 24.8 Å². The fourth-order valence-electron chi connectivity index (χ4n) is 3.77. The summed E-state index contributed by atoms with van der Waals surface area (Å²) in [5.41, 5.74) is 8.07. The molecule has 0 unspecified atom stereocenters. The number of nitrogens with two attached hydrogens (primary N) is 1. The number of fused-ring (bicyclic) bond motifs is 1. The molecule has 1 heterocycles. The van der Waals surface area contributed by atoms with Crippen LogP contribution in [0, 0.1) is 5.41 Å². The fourth-order valence-corrected chi connectivity index (χ4v) is 3.77. The number of aryl methyl sites for hydroxylation is 1. The van der Waals surface area contributed by atoms with E-state index in [9.17, 15) is 4.79 Å². The van der Waals surface area contributed by atoms with E-state index in [-0.39, 0.29) is 36.1 Å². The van der Waals surface area contributed by atoms with Crippen molar-refractivity contribution in [2.24, 2.45) is 11.1 Å². The van der Waals surface area contributed by atoms with Crippen molar-refractivity contribution in [1.29, 1.82) is 0 Å². The van der Waals surface area contributed by atoms with Crippen LogP contribution in [0.2, 0.25) is 0 Å². The van der Waals surface area contributed by atoms with E-state index < -0.39 is 0 Å². The van der Waals surface area contributed by atoms with Gasteiger partial charge in [-0.25, -0.2) is 4.98 Å². The highest BCUT2D eigenvalue weighted by Crippen LogP contribution is 2.38. The van der Waals surface area contributed by atoms with Gasteiger partial charge in [0.05, 0.1) is 11.0 Å². The Bertz CT molecular complexity index is 650. The zero-order valence-corrected chi connectivity index (χ0v) is 16.8. The zero-order valence-electron chi connectivity index (χ0n) is 15.1. The maximum Gasteiger partial charge on any atom is 0.220 e.